The highest BCUT2D eigenvalue weighted by Crippen LogP contribution is 2.23. The summed E-state index contributed by atoms with van der Waals surface area (Å²) < 4.78 is 3.12. The van der Waals surface area contributed by atoms with Crippen LogP contribution in [-0.2, 0) is 0 Å². The van der Waals surface area contributed by atoms with Gasteiger partial charge in [-0.25, -0.2) is 4.98 Å². The highest BCUT2D eigenvalue weighted by atomic mass is 79.9. The van der Waals surface area contributed by atoms with Crippen LogP contribution in [-0.4, -0.2) is 9.55 Å². The van der Waals surface area contributed by atoms with Crippen LogP contribution in [0.4, 0.5) is 11.6 Å². The van der Waals surface area contributed by atoms with Crippen LogP contribution >= 0.6 is 15.9 Å². The number of aryl methyl sites for hydroxylation is 1. The van der Waals surface area contributed by atoms with Crippen molar-refractivity contribution in [1.82, 2.24) is 9.55 Å². The summed E-state index contributed by atoms with van der Waals surface area (Å²) >= 11 is 3.57. The second kappa shape index (κ2) is 5.51. The van der Waals surface area contributed by atoms with Crippen molar-refractivity contribution in [2.45, 2.75) is 6.92 Å². The summed E-state index contributed by atoms with van der Waals surface area (Å²) in [6.07, 6.45) is 3.74. The molecule has 0 radical (unpaired) electrons. The van der Waals surface area contributed by atoms with Gasteiger partial charge in [-0.3, -0.25) is 4.57 Å². The summed E-state index contributed by atoms with van der Waals surface area (Å²) in [6.45, 7) is 2.07. The predicted molar refractivity (Wildman–Crippen MR) is 85.7 cm³/mol. The molecule has 0 bridgehead atoms. The molecule has 100 valence electrons. The van der Waals surface area contributed by atoms with Crippen molar-refractivity contribution in [3.8, 4) is 5.69 Å². The molecule has 3 nitrogen and oxygen atoms in total. The van der Waals surface area contributed by atoms with E-state index in [9.17, 15) is 0 Å². The van der Waals surface area contributed by atoms with E-state index in [2.05, 4.69) is 51.4 Å². The number of hydrogen-bond donors (Lipinski definition) is 1. The number of rotatable bonds is 3. The molecule has 0 aliphatic rings. The van der Waals surface area contributed by atoms with Crippen LogP contribution in [0.15, 0.2) is 65.4 Å². The van der Waals surface area contributed by atoms with Gasteiger partial charge in [0.05, 0.1) is 0 Å². The van der Waals surface area contributed by atoms with Crippen molar-refractivity contribution < 1.29 is 0 Å². The third kappa shape index (κ3) is 2.60. The standard InChI is InChI=1S/C16H14BrN3/c1-12-7-8-14(11-15(12)17)20-10-9-18-16(20)19-13-5-3-2-4-6-13/h2-11H,1H3,(H,18,19). The maximum Gasteiger partial charge on any atom is 0.212 e. The Bertz CT molecular complexity index is 720. The van der Waals surface area contributed by atoms with Crippen LogP contribution in [0.25, 0.3) is 5.69 Å². The average Bonchev–Trinajstić information content (AvgIpc) is 2.91. The van der Waals surface area contributed by atoms with Gasteiger partial charge in [-0.15, -0.1) is 0 Å². The zero-order valence-electron chi connectivity index (χ0n) is 11.0. The Labute approximate surface area is 126 Å². The number of imidazole rings is 1. The molecule has 0 amide bonds. The first-order chi connectivity index (χ1) is 9.74. The SMILES string of the molecule is Cc1ccc(-n2ccnc2Nc2ccccc2)cc1Br. The van der Waals surface area contributed by atoms with Crippen LogP contribution in [0.2, 0.25) is 0 Å². The fourth-order valence-corrected chi connectivity index (χ4v) is 2.35. The molecule has 0 aliphatic heterocycles. The van der Waals surface area contributed by atoms with Gasteiger partial charge in [0.25, 0.3) is 0 Å². The van der Waals surface area contributed by atoms with E-state index in [-0.39, 0.29) is 0 Å². The molecule has 0 atom stereocenters. The molecule has 0 spiro atoms. The number of benzene rings is 2. The van der Waals surface area contributed by atoms with Crippen LogP contribution < -0.4 is 5.32 Å². The number of para-hydroxylation sites is 1. The first kappa shape index (κ1) is 12.9. The highest BCUT2D eigenvalue weighted by molar-refractivity contribution is 9.10. The number of nitrogens with zero attached hydrogens (tertiary/aromatic N) is 2. The number of anilines is 2. The van der Waals surface area contributed by atoms with Gasteiger partial charge in [0, 0.05) is 28.2 Å². The first-order valence-corrected chi connectivity index (χ1v) is 7.15. The van der Waals surface area contributed by atoms with Gasteiger partial charge in [-0.2, -0.15) is 0 Å². The van der Waals surface area contributed by atoms with Crippen molar-refractivity contribution in [2.75, 3.05) is 5.32 Å². The smallest absolute Gasteiger partial charge is 0.212 e. The van der Waals surface area contributed by atoms with Crippen LogP contribution in [0, 0.1) is 6.92 Å². The van der Waals surface area contributed by atoms with Gasteiger partial charge in [-0.1, -0.05) is 40.2 Å². The molecule has 0 aliphatic carbocycles. The molecule has 3 rings (SSSR count). The Morgan fingerprint density at radius 1 is 1.10 bits per heavy atom. The number of hydrogen-bond acceptors (Lipinski definition) is 2. The Hall–Kier alpha value is -2.07. The van der Waals surface area contributed by atoms with E-state index in [1.807, 2.05) is 41.1 Å². The molecular formula is C16H14BrN3. The van der Waals surface area contributed by atoms with Crippen molar-refractivity contribution in [3.05, 3.63) is 71.0 Å². The first-order valence-electron chi connectivity index (χ1n) is 6.36. The normalized spacial score (nSPS) is 10.5. The molecule has 3 aromatic rings. The fraction of sp³-hybridized carbons (Fsp3) is 0.0625. The number of halogens is 1. The molecule has 1 heterocycles. The third-order valence-corrected chi connectivity index (χ3v) is 3.96. The lowest BCUT2D eigenvalue weighted by atomic mass is 10.2. The minimum atomic E-state index is 0.798. The fourth-order valence-electron chi connectivity index (χ4n) is 1.99. The molecule has 1 aromatic heterocycles. The molecule has 0 saturated heterocycles. The molecule has 4 heteroatoms. The van der Waals surface area contributed by atoms with E-state index >= 15 is 0 Å². The van der Waals surface area contributed by atoms with Crippen LogP contribution in [0.3, 0.4) is 0 Å². The largest absolute Gasteiger partial charge is 0.325 e. The topological polar surface area (TPSA) is 29.9 Å². The Balaban J connectivity index is 1.95. The summed E-state index contributed by atoms with van der Waals surface area (Å²) in [4.78, 5) is 4.38. The van der Waals surface area contributed by atoms with E-state index < -0.39 is 0 Å². The second-order valence-corrected chi connectivity index (χ2v) is 5.40. The zero-order valence-corrected chi connectivity index (χ0v) is 12.6. The number of nitrogens with one attached hydrogen (secondary N) is 1. The van der Waals surface area contributed by atoms with Gasteiger partial charge >= 0.3 is 0 Å². The Morgan fingerprint density at radius 3 is 2.65 bits per heavy atom. The second-order valence-electron chi connectivity index (χ2n) is 4.55. The van der Waals surface area contributed by atoms with E-state index in [1.54, 1.807) is 6.20 Å². The minimum Gasteiger partial charge on any atom is -0.325 e. The minimum absolute atomic E-state index is 0.798. The van der Waals surface area contributed by atoms with E-state index in [4.69, 9.17) is 0 Å². The Morgan fingerprint density at radius 2 is 1.90 bits per heavy atom. The summed E-state index contributed by atoms with van der Waals surface area (Å²) in [6, 6.07) is 16.3. The van der Waals surface area contributed by atoms with E-state index in [0.717, 1.165) is 21.8 Å². The van der Waals surface area contributed by atoms with Crippen LogP contribution in [0.1, 0.15) is 5.56 Å². The summed E-state index contributed by atoms with van der Waals surface area (Å²) in [5.41, 5.74) is 3.30. The predicted octanol–water partition coefficient (Wildman–Crippen LogP) is 4.69. The lowest BCUT2D eigenvalue weighted by molar-refractivity contribution is 1.06. The molecule has 0 saturated carbocycles. The maximum atomic E-state index is 4.38. The van der Waals surface area contributed by atoms with Gasteiger partial charge in [0.2, 0.25) is 5.95 Å². The molecule has 2 aromatic carbocycles. The summed E-state index contributed by atoms with van der Waals surface area (Å²) in [5, 5.41) is 3.32. The van der Waals surface area contributed by atoms with Crippen molar-refractivity contribution in [1.29, 1.82) is 0 Å². The lowest BCUT2D eigenvalue weighted by Crippen LogP contribution is -2.01. The van der Waals surface area contributed by atoms with Crippen molar-refractivity contribution >= 4 is 27.6 Å². The monoisotopic (exact) mass is 327 g/mol. The average molecular weight is 328 g/mol. The molecule has 0 fully saturated rings. The molecular weight excluding hydrogens is 314 g/mol. The third-order valence-electron chi connectivity index (χ3n) is 3.10. The molecule has 20 heavy (non-hydrogen) atoms. The van der Waals surface area contributed by atoms with Crippen LogP contribution in [0.5, 0.6) is 0 Å². The number of aromatic nitrogens is 2. The summed E-state index contributed by atoms with van der Waals surface area (Å²) in [7, 11) is 0. The van der Waals surface area contributed by atoms with Gasteiger partial charge < -0.3 is 5.32 Å². The van der Waals surface area contributed by atoms with Gasteiger partial charge in [-0.05, 0) is 36.8 Å². The van der Waals surface area contributed by atoms with E-state index in [0.29, 0.717) is 0 Å². The van der Waals surface area contributed by atoms with Crippen molar-refractivity contribution in [2.24, 2.45) is 0 Å². The molecule has 0 unspecified atom stereocenters. The van der Waals surface area contributed by atoms with Gasteiger partial charge in [0.15, 0.2) is 0 Å². The quantitative estimate of drug-likeness (QED) is 0.756. The summed E-state index contributed by atoms with van der Waals surface area (Å²) in [5.74, 6) is 0.798. The maximum absolute atomic E-state index is 4.38. The lowest BCUT2D eigenvalue weighted by Gasteiger charge is -2.11. The van der Waals surface area contributed by atoms with E-state index in [1.165, 1.54) is 5.56 Å². The van der Waals surface area contributed by atoms with Crippen molar-refractivity contribution in [3.63, 3.8) is 0 Å². The highest BCUT2D eigenvalue weighted by Gasteiger charge is 2.06. The Kier molecular flexibility index (Phi) is 3.56. The van der Waals surface area contributed by atoms with Gasteiger partial charge in [0.1, 0.15) is 0 Å². The zero-order chi connectivity index (χ0) is 13.9. The molecule has 1 N–H and O–H groups in total.